The van der Waals surface area contributed by atoms with E-state index >= 15 is 0 Å². The number of nitrogens with one attached hydrogen (secondary N) is 1. The van der Waals surface area contributed by atoms with Crippen molar-refractivity contribution in [3.63, 3.8) is 0 Å². The van der Waals surface area contributed by atoms with Crippen LogP contribution >= 0.6 is 0 Å². The summed E-state index contributed by atoms with van der Waals surface area (Å²) < 4.78 is 2.18. The lowest BCUT2D eigenvalue weighted by Gasteiger charge is -2.23. The number of aromatic nitrogens is 1. The Morgan fingerprint density at radius 2 is 1.83 bits per heavy atom. The minimum atomic E-state index is -0.419. The molecule has 0 radical (unpaired) electrons. The number of nitrogens with zero attached hydrogens (tertiary/aromatic N) is 2. The quantitative estimate of drug-likeness (QED) is 0.540. The van der Waals surface area contributed by atoms with Gasteiger partial charge in [0.2, 0.25) is 11.8 Å². The summed E-state index contributed by atoms with van der Waals surface area (Å²) in [6, 6.07) is 7.72. The second kappa shape index (κ2) is 10.9. The van der Waals surface area contributed by atoms with Crippen molar-refractivity contribution in [1.29, 1.82) is 0 Å². The molecule has 0 bridgehead atoms. The van der Waals surface area contributed by atoms with Crippen LogP contribution in [0.5, 0.6) is 0 Å². The minimum Gasteiger partial charge on any atom is -0.347 e. The number of imide groups is 1. The van der Waals surface area contributed by atoms with Crippen molar-refractivity contribution < 1.29 is 14.4 Å². The van der Waals surface area contributed by atoms with E-state index in [9.17, 15) is 14.4 Å². The van der Waals surface area contributed by atoms with Crippen LogP contribution in [0.25, 0.3) is 10.9 Å². The molecule has 1 aromatic heterocycles. The van der Waals surface area contributed by atoms with E-state index in [2.05, 4.69) is 9.88 Å². The number of carbonyl (C=O) groups is 3. The van der Waals surface area contributed by atoms with Crippen LogP contribution in [-0.2, 0) is 16.1 Å². The van der Waals surface area contributed by atoms with Crippen LogP contribution in [0.3, 0.4) is 0 Å². The summed E-state index contributed by atoms with van der Waals surface area (Å²) in [7, 11) is 0. The highest BCUT2D eigenvalue weighted by Crippen LogP contribution is 2.23. The summed E-state index contributed by atoms with van der Waals surface area (Å²) in [5.74, 6) is -0.845. The summed E-state index contributed by atoms with van der Waals surface area (Å²) in [6.45, 7) is 2.06. The third-order valence-corrected chi connectivity index (χ3v) is 5.63. The predicted molar refractivity (Wildman–Crippen MR) is 117 cm³/mol. The van der Waals surface area contributed by atoms with E-state index in [0.29, 0.717) is 18.5 Å². The zero-order valence-corrected chi connectivity index (χ0v) is 17.6. The molecule has 7 heteroatoms. The van der Waals surface area contributed by atoms with Gasteiger partial charge in [0, 0.05) is 42.2 Å². The normalized spacial score (nSPS) is 16.0. The SMILES string of the molecule is NCCCCCCn1ccc2c(C(=O)N3CCCCCC(=O)NC(=O)C3)cccc21. The number of unbranched alkanes of at least 4 members (excludes halogenated alkanes) is 3. The molecule has 2 heterocycles. The number of hydrogen-bond acceptors (Lipinski definition) is 4. The lowest BCUT2D eigenvalue weighted by Crippen LogP contribution is -2.43. The van der Waals surface area contributed by atoms with Crippen LogP contribution in [0.2, 0.25) is 0 Å². The molecule has 1 aliphatic rings. The molecule has 0 unspecified atom stereocenters. The summed E-state index contributed by atoms with van der Waals surface area (Å²) in [5.41, 5.74) is 7.18. The van der Waals surface area contributed by atoms with Crippen LogP contribution in [0.4, 0.5) is 0 Å². The maximum atomic E-state index is 13.3. The first-order chi connectivity index (χ1) is 14.6. The number of aryl methyl sites for hydroxylation is 1. The maximum absolute atomic E-state index is 13.3. The molecular weight excluding hydrogens is 380 g/mol. The second-order valence-electron chi connectivity index (χ2n) is 7.96. The van der Waals surface area contributed by atoms with E-state index in [1.54, 1.807) is 4.90 Å². The lowest BCUT2D eigenvalue weighted by atomic mass is 10.1. The predicted octanol–water partition coefficient (Wildman–Crippen LogP) is 2.82. The van der Waals surface area contributed by atoms with Crippen molar-refractivity contribution in [3.05, 3.63) is 36.0 Å². The number of fused-ring (bicyclic) bond motifs is 1. The largest absolute Gasteiger partial charge is 0.347 e. The molecule has 7 nitrogen and oxygen atoms in total. The molecule has 0 aliphatic carbocycles. The van der Waals surface area contributed by atoms with Gasteiger partial charge in [-0.25, -0.2) is 0 Å². The zero-order chi connectivity index (χ0) is 21.3. The Bertz CT molecular complexity index is 890. The zero-order valence-electron chi connectivity index (χ0n) is 17.6. The van der Waals surface area contributed by atoms with E-state index in [1.165, 1.54) is 0 Å². The van der Waals surface area contributed by atoms with E-state index in [4.69, 9.17) is 5.73 Å². The highest BCUT2D eigenvalue weighted by Gasteiger charge is 2.22. The fourth-order valence-electron chi connectivity index (χ4n) is 4.00. The molecular formula is C23H32N4O3. The van der Waals surface area contributed by atoms with Crippen molar-refractivity contribution in [2.75, 3.05) is 19.6 Å². The third kappa shape index (κ3) is 5.69. The topological polar surface area (TPSA) is 97.4 Å². The minimum absolute atomic E-state index is 0.0944. The smallest absolute Gasteiger partial charge is 0.255 e. The van der Waals surface area contributed by atoms with Gasteiger partial charge >= 0.3 is 0 Å². The molecule has 1 aliphatic heterocycles. The van der Waals surface area contributed by atoms with Crippen LogP contribution in [-0.4, -0.2) is 46.8 Å². The Labute approximate surface area is 177 Å². The standard InChI is InChI=1S/C23H32N4O3/c24-13-5-1-2-6-14-26-16-12-18-19(9-8-10-20(18)26)23(30)27-15-7-3-4-11-21(28)25-22(29)17-27/h8-10,12,16H,1-7,11,13-15,17,24H2,(H,25,28,29). The first-order valence-corrected chi connectivity index (χ1v) is 11.0. The number of carbonyl (C=O) groups excluding carboxylic acids is 3. The Morgan fingerprint density at radius 1 is 1.00 bits per heavy atom. The Hall–Kier alpha value is -2.67. The number of benzene rings is 1. The monoisotopic (exact) mass is 412 g/mol. The third-order valence-electron chi connectivity index (χ3n) is 5.63. The molecule has 1 aromatic carbocycles. The van der Waals surface area contributed by atoms with Gasteiger partial charge in [0.15, 0.2) is 0 Å². The number of rotatable bonds is 7. The van der Waals surface area contributed by atoms with E-state index in [0.717, 1.165) is 68.9 Å². The molecule has 0 spiro atoms. The maximum Gasteiger partial charge on any atom is 0.255 e. The van der Waals surface area contributed by atoms with Crippen LogP contribution in [0, 0.1) is 0 Å². The number of amides is 3. The van der Waals surface area contributed by atoms with Crippen molar-refractivity contribution in [2.45, 2.75) is 57.9 Å². The van der Waals surface area contributed by atoms with Gasteiger partial charge in [0.05, 0.1) is 0 Å². The first kappa shape index (κ1) is 22.0. The Kier molecular flexibility index (Phi) is 8.02. The average molecular weight is 413 g/mol. The van der Waals surface area contributed by atoms with Crippen LogP contribution < -0.4 is 11.1 Å². The summed E-state index contributed by atoms with van der Waals surface area (Å²) in [4.78, 5) is 38.8. The van der Waals surface area contributed by atoms with Crippen LogP contribution in [0.15, 0.2) is 30.5 Å². The Balaban J connectivity index is 1.75. The summed E-state index contributed by atoms with van der Waals surface area (Å²) in [5, 5.41) is 3.28. The van der Waals surface area contributed by atoms with Crippen LogP contribution in [0.1, 0.15) is 61.7 Å². The molecule has 2 aromatic rings. The van der Waals surface area contributed by atoms with Gasteiger partial charge in [0.25, 0.3) is 5.91 Å². The number of hydrogen-bond donors (Lipinski definition) is 2. The van der Waals surface area contributed by atoms with E-state index < -0.39 is 5.91 Å². The summed E-state index contributed by atoms with van der Waals surface area (Å²) in [6.07, 6.45) is 9.16. The number of nitrogens with two attached hydrogens (primary N) is 1. The van der Waals surface area contributed by atoms with Gasteiger partial charge < -0.3 is 15.2 Å². The fraction of sp³-hybridized carbons (Fsp3) is 0.522. The lowest BCUT2D eigenvalue weighted by molar-refractivity contribution is -0.131. The summed E-state index contributed by atoms with van der Waals surface area (Å²) >= 11 is 0. The van der Waals surface area contributed by atoms with Crippen molar-refractivity contribution >= 4 is 28.6 Å². The van der Waals surface area contributed by atoms with Gasteiger partial charge in [-0.2, -0.15) is 0 Å². The average Bonchev–Trinajstić information content (AvgIpc) is 3.15. The van der Waals surface area contributed by atoms with Gasteiger partial charge in [0.1, 0.15) is 6.54 Å². The second-order valence-corrected chi connectivity index (χ2v) is 7.96. The fourth-order valence-corrected chi connectivity index (χ4v) is 4.00. The molecule has 3 rings (SSSR count). The van der Waals surface area contributed by atoms with Gasteiger partial charge in [-0.1, -0.05) is 25.3 Å². The molecule has 1 saturated heterocycles. The van der Waals surface area contributed by atoms with E-state index in [-0.39, 0.29) is 18.4 Å². The van der Waals surface area contributed by atoms with Gasteiger partial charge in [-0.3, -0.25) is 19.7 Å². The van der Waals surface area contributed by atoms with Crippen molar-refractivity contribution in [2.24, 2.45) is 5.73 Å². The van der Waals surface area contributed by atoms with Gasteiger partial charge in [-0.05, 0) is 50.4 Å². The highest BCUT2D eigenvalue weighted by atomic mass is 16.2. The molecule has 3 amide bonds. The molecule has 1 fully saturated rings. The molecule has 30 heavy (non-hydrogen) atoms. The molecule has 0 atom stereocenters. The molecule has 3 N–H and O–H groups in total. The molecule has 162 valence electrons. The first-order valence-electron chi connectivity index (χ1n) is 11.0. The van der Waals surface area contributed by atoms with Crippen molar-refractivity contribution in [3.8, 4) is 0 Å². The highest BCUT2D eigenvalue weighted by molar-refractivity contribution is 6.08. The van der Waals surface area contributed by atoms with Gasteiger partial charge in [-0.15, -0.1) is 0 Å². The Morgan fingerprint density at radius 3 is 2.67 bits per heavy atom. The van der Waals surface area contributed by atoms with Crippen molar-refractivity contribution in [1.82, 2.24) is 14.8 Å². The molecule has 0 saturated carbocycles. The van der Waals surface area contributed by atoms with E-state index in [1.807, 2.05) is 30.5 Å².